The lowest BCUT2D eigenvalue weighted by Gasteiger charge is -2.23. The maximum absolute atomic E-state index is 12.2. The molecule has 0 saturated heterocycles. The molecule has 1 N–H and O–H groups in total. The third kappa shape index (κ3) is 2.83. The maximum atomic E-state index is 12.2. The highest BCUT2D eigenvalue weighted by molar-refractivity contribution is 7.89. The molecule has 1 aromatic rings. The Bertz CT molecular complexity index is 546. The van der Waals surface area contributed by atoms with Crippen molar-refractivity contribution in [2.24, 2.45) is 0 Å². The first-order valence-electron chi connectivity index (χ1n) is 5.21. The number of nitrogens with one attached hydrogen (secondary N) is 1. The summed E-state index contributed by atoms with van der Waals surface area (Å²) < 4.78 is 25.7. The highest BCUT2D eigenvalue weighted by Crippen LogP contribution is 2.13. The van der Waals surface area contributed by atoms with Crippen LogP contribution >= 0.6 is 0 Å². The van der Waals surface area contributed by atoms with E-state index in [1.165, 1.54) is 28.8 Å². The fraction of sp³-hybridized carbons (Fsp3) is 0.364. The highest BCUT2D eigenvalue weighted by atomic mass is 32.2. The quantitative estimate of drug-likeness (QED) is 0.798. The van der Waals surface area contributed by atoms with Crippen LogP contribution in [0.15, 0.2) is 40.8 Å². The number of pyridine rings is 1. The summed E-state index contributed by atoms with van der Waals surface area (Å²) in [5.74, 6) is 0. The minimum Gasteiger partial charge on any atom is -0.366 e. The summed E-state index contributed by atoms with van der Waals surface area (Å²) in [4.78, 5) is 13.9. The summed E-state index contributed by atoms with van der Waals surface area (Å²) in [6, 6.07) is 0.955. The average molecular weight is 256 g/mol. The molecular formula is C11H16N2O3S. The Morgan fingerprint density at radius 2 is 2.18 bits per heavy atom. The molecule has 94 valence electrons. The Kier molecular flexibility index (Phi) is 4.25. The van der Waals surface area contributed by atoms with Crippen molar-refractivity contribution >= 4 is 10.0 Å². The third-order valence-corrected chi connectivity index (χ3v) is 4.32. The first-order valence-corrected chi connectivity index (χ1v) is 6.65. The van der Waals surface area contributed by atoms with Crippen LogP contribution in [-0.4, -0.2) is 30.3 Å². The zero-order valence-electron chi connectivity index (χ0n) is 9.88. The van der Waals surface area contributed by atoms with Gasteiger partial charge < -0.3 is 4.98 Å². The molecular weight excluding hydrogens is 240 g/mol. The lowest BCUT2D eigenvalue weighted by Crippen LogP contribution is -2.39. The van der Waals surface area contributed by atoms with Crippen molar-refractivity contribution in [1.82, 2.24) is 9.29 Å². The largest absolute Gasteiger partial charge is 0.366 e. The van der Waals surface area contributed by atoms with Gasteiger partial charge in [0.1, 0.15) is 4.90 Å². The predicted molar refractivity (Wildman–Crippen MR) is 66.3 cm³/mol. The summed E-state index contributed by atoms with van der Waals surface area (Å²) in [7, 11) is -3.77. The molecule has 0 bridgehead atoms. The van der Waals surface area contributed by atoms with Gasteiger partial charge in [-0.1, -0.05) is 6.08 Å². The van der Waals surface area contributed by atoms with Gasteiger partial charge in [-0.15, -0.1) is 6.58 Å². The van der Waals surface area contributed by atoms with Gasteiger partial charge in [-0.3, -0.25) is 4.79 Å². The zero-order chi connectivity index (χ0) is 13.1. The van der Waals surface area contributed by atoms with Gasteiger partial charge in [0.2, 0.25) is 15.5 Å². The van der Waals surface area contributed by atoms with Crippen molar-refractivity contribution in [1.29, 1.82) is 0 Å². The second kappa shape index (κ2) is 5.29. The standard InChI is InChI=1S/C11H16N2O3S/c1-4-7-13(9(2)3)17(15,16)11-8-12-6-5-10(11)14/h4-6,8-9H,1,7H2,2-3H3,(H,12,14). The van der Waals surface area contributed by atoms with Crippen LogP contribution in [0.2, 0.25) is 0 Å². The monoisotopic (exact) mass is 256 g/mol. The van der Waals surface area contributed by atoms with Crippen LogP contribution in [0.3, 0.4) is 0 Å². The lowest BCUT2D eigenvalue weighted by molar-refractivity contribution is 0.382. The van der Waals surface area contributed by atoms with Gasteiger partial charge in [0.05, 0.1) is 0 Å². The first-order chi connectivity index (χ1) is 7.91. The van der Waals surface area contributed by atoms with E-state index in [2.05, 4.69) is 11.6 Å². The molecule has 6 heteroatoms. The molecule has 1 aromatic heterocycles. The molecule has 0 aromatic carbocycles. The van der Waals surface area contributed by atoms with Gasteiger partial charge in [0.25, 0.3) is 0 Å². The summed E-state index contributed by atoms with van der Waals surface area (Å²) in [6.07, 6.45) is 4.10. The van der Waals surface area contributed by atoms with E-state index in [1.54, 1.807) is 13.8 Å². The van der Waals surface area contributed by atoms with Crippen molar-refractivity contribution in [2.75, 3.05) is 6.54 Å². The van der Waals surface area contributed by atoms with Gasteiger partial charge in [0.15, 0.2) is 0 Å². The zero-order valence-corrected chi connectivity index (χ0v) is 10.7. The fourth-order valence-electron chi connectivity index (χ4n) is 1.44. The second-order valence-corrected chi connectivity index (χ2v) is 5.69. The minimum atomic E-state index is -3.77. The van der Waals surface area contributed by atoms with E-state index < -0.39 is 15.5 Å². The maximum Gasteiger partial charge on any atom is 0.248 e. The number of aromatic nitrogens is 1. The van der Waals surface area contributed by atoms with E-state index in [1.807, 2.05) is 0 Å². The van der Waals surface area contributed by atoms with Crippen molar-refractivity contribution < 1.29 is 8.42 Å². The minimum absolute atomic E-state index is 0.175. The third-order valence-electron chi connectivity index (χ3n) is 2.26. The van der Waals surface area contributed by atoms with Gasteiger partial charge in [0, 0.05) is 31.0 Å². The van der Waals surface area contributed by atoms with Gasteiger partial charge in [-0.25, -0.2) is 8.42 Å². The SMILES string of the molecule is C=CCN(C(C)C)S(=O)(=O)c1c[nH]ccc1=O. The smallest absolute Gasteiger partial charge is 0.248 e. The molecule has 0 amide bonds. The predicted octanol–water partition coefficient (Wildman–Crippen LogP) is 0.960. The number of nitrogens with zero attached hydrogens (tertiary/aromatic N) is 1. The molecule has 0 saturated carbocycles. The normalized spacial score (nSPS) is 12.0. The molecule has 0 aliphatic carbocycles. The van der Waals surface area contributed by atoms with Crippen LogP contribution < -0.4 is 5.43 Å². The molecule has 0 fully saturated rings. The number of aromatic amines is 1. The molecule has 0 unspecified atom stereocenters. The number of sulfonamides is 1. The topological polar surface area (TPSA) is 70.2 Å². The van der Waals surface area contributed by atoms with Crippen LogP contribution in [0, 0.1) is 0 Å². The molecule has 0 radical (unpaired) electrons. The van der Waals surface area contributed by atoms with Crippen LogP contribution in [-0.2, 0) is 10.0 Å². The fourth-order valence-corrected chi connectivity index (χ4v) is 3.09. The summed E-state index contributed by atoms with van der Waals surface area (Å²) in [5, 5.41) is 0. The number of hydrogen-bond acceptors (Lipinski definition) is 3. The van der Waals surface area contributed by atoms with Crippen molar-refractivity contribution in [3.8, 4) is 0 Å². The Hall–Kier alpha value is -1.40. The first kappa shape index (κ1) is 13.7. The Morgan fingerprint density at radius 1 is 1.53 bits per heavy atom. The van der Waals surface area contributed by atoms with E-state index in [0.29, 0.717) is 0 Å². The molecule has 0 aliphatic heterocycles. The van der Waals surface area contributed by atoms with Gasteiger partial charge >= 0.3 is 0 Å². The molecule has 0 atom stereocenters. The van der Waals surface area contributed by atoms with Crippen molar-refractivity contribution in [2.45, 2.75) is 24.8 Å². The highest BCUT2D eigenvalue weighted by Gasteiger charge is 2.27. The molecule has 5 nitrogen and oxygen atoms in total. The van der Waals surface area contributed by atoms with E-state index in [9.17, 15) is 13.2 Å². The van der Waals surface area contributed by atoms with E-state index in [0.717, 1.165) is 0 Å². The number of rotatable bonds is 5. The summed E-state index contributed by atoms with van der Waals surface area (Å²) in [6.45, 7) is 7.19. The van der Waals surface area contributed by atoms with Crippen LogP contribution in [0.1, 0.15) is 13.8 Å². The van der Waals surface area contributed by atoms with Crippen molar-refractivity contribution in [3.63, 3.8) is 0 Å². The van der Waals surface area contributed by atoms with E-state index >= 15 is 0 Å². The molecule has 17 heavy (non-hydrogen) atoms. The second-order valence-electron chi connectivity index (χ2n) is 3.83. The Balaban J connectivity index is 3.31. The van der Waals surface area contributed by atoms with E-state index in [-0.39, 0.29) is 17.5 Å². The molecule has 0 aliphatic rings. The van der Waals surface area contributed by atoms with Crippen LogP contribution in [0.4, 0.5) is 0 Å². The van der Waals surface area contributed by atoms with Crippen molar-refractivity contribution in [3.05, 3.63) is 41.3 Å². The summed E-state index contributed by atoms with van der Waals surface area (Å²) >= 11 is 0. The lowest BCUT2D eigenvalue weighted by atomic mass is 10.4. The van der Waals surface area contributed by atoms with Crippen LogP contribution in [0.25, 0.3) is 0 Å². The summed E-state index contributed by atoms with van der Waals surface area (Å²) in [5.41, 5.74) is -0.515. The van der Waals surface area contributed by atoms with Gasteiger partial charge in [-0.05, 0) is 13.8 Å². The Labute approximate surface area is 101 Å². The molecule has 1 rings (SSSR count). The van der Waals surface area contributed by atoms with E-state index in [4.69, 9.17) is 0 Å². The average Bonchev–Trinajstić information content (AvgIpc) is 2.25. The van der Waals surface area contributed by atoms with Gasteiger partial charge in [-0.2, -0.15) is 4.31 Å². The number of H-pyrrole nitrogens is 1. The Morgan fingerprint density at radius 3 is 2.65 bits per heavy atom. The molecule has 1 heterocycles. The number of hydrogen-bond donors (Lipinski definition) is 1. The van der Waals surface area contributed by atoms with Crippen LogP contribution in [0.5, 0.6) is 0 Å². The molecule has 0 spiro atoms.